The molecule has 0 saturated heterocycles. The van der Waals surface area contributed by atoms with Crippen molar-refractivity contribution in [2.45, 2.75) is 115 Å². The lowest BCUT2D eigenvalue weighted by Crippen LogP contribution is -2.46. The second-order valence-electron chi connectivity index (χ2n) is 9.22. The number of hydrogen-bond donors (Lipinski definition) is 6. The van der Waals surface area contributed by atoms with Crippen molar-refractivity contribution >= 4 is 29.7 Å². The van der Waals surface area contributed by atoms with Crippen molar-refractivity contribution in [3.05, 3.63) is 0 Å². The molecule has 0 saturated carbocycles. The van der Waals surface area contributed by atoms with Crippen molar-refractivity contribution in [1.82, 2.24) is 10.6 Å². The summed E-state index contributed by atoms with van der Waals surface area (Å²) in [6.45, 7) is 1.24. The third-order valence-corrected chi connectivity index (χ3v) is 5.83. The van der Waals surface area contributed by atoms with Gasteiger partial charge in [-0.2, -0.15) is 0 Å². The first-order valence-corrected chi connectivity index (χ1v) is 13.2. The second kappa shape index (κ2) is 21.4. The van der Waals surface area contributed by atoms with E-state index in [0.717, 1.165) is 19.3 Å². The Bertz CT molecular complexity index is 703. The molecule has 0 aromatic rings. The van der Waals surface area contributed by atoms with E-state index in [9.17, 15) is 34.2 Å². The molecule has 37 heavy (non-hydrogen) atoms. The molecule has 0 aromatic heterocycles. The second-order valence-corrected chi connectivity index (χ2v) is 9.22. The van der Waals surface area contributed by atoms with Gasteiger partial charge in [0.2, 0.25) is 11.8 Å². The van der Waals surface area contributed by atoms with E-state index in [1.807, 2.05) is 0 Å². The molecule has 0 aliphatic heterocycles. The Morgan fingerprint density at radius 1 is 0.649 bits per heavy atom. The van der Waals surface area contributed by atoms with Crippen molar-refractivity contribution in [2.75, 3.05) is 13.2 Å². The monoisotopic (exact) mass is 531 g/mol. The Labute approximate surface area is 218 Å². The fourth-order valence-corrected chi connectivity index (χ4v) is 3.57. The van der Waals surface area contributed by atoms with Crippen LogP contribution in [0.3, 0.4) is 0 Å². The lowest BCUT2D eigenvalue weighted by molar-refractivity contribution is -0.145. The van der Waals surface area contributed by atoms with Crippen LogP contribution in [0, 0.1) is 0 Å². The zero-order valence-electron chi connectivity index (χ0n) is 21.9. The van der Waals surface area contributed by atoms with Crippen molar-refractivity contribution in [1.29, 1.82) is 0 Å². The molecule has 0 bridgehead atoms. The molecule has 0 aliphatic carbocycles. The van der Waals surface area contributed by atoms with Gasteiger partial charge in [0.1, 0.15) is 12.1 Å². The highest BCUT2D eigenvalue weighted by atomic mass is 16.5. The Balaban J connectivity index is 4.19. The van der Waals surface area contributed by atoms with Crippen LogP contribution in [0.15, 0.2) is 0 Å². The molecular formula is C25H45N3O9. The van der Waals surface area contributed by atoms with Gasteiger partial charge in [0.05, 0.1) is 13.2 Å². The van der Waals surface area contributed by atoms with Crippen molar-refractivity contribution in [3.63, 3.8) is 0 Å². The summed E-state index contributed by atoms with van der Waals surface area (Å²) in [5.41, 5.74) is 5.26. The zero-order chi connectivity index (χ0) is 28.1. The fraction of sp³-hybridized carbons (Fsp3) is 0.800. The Morgan fingerprint density at radius 2 is 1.11 bits per heavy atom. The molecule has 3 atom stereocenters. The van der Waals surface area contributed by atoms with Gasteiger partial charge in [0, 0.05) is 12.8 Å². The molecule has 0 radical (unpaired) electrons. The number of rotatable bonds is 24. The third kappa shape index (κ3) is 19.1. The third-order valence-electron chi connectivity index (χ3n) is 5.83. The molecular weight excluding hydrogens is 486 g/mol. The molecule has 0 fully saturated rings. The van der Waals surface area contributed by atoms with Gasteiger partial charge < -0.3 is 36.4 Å². The zero-order valence-corrected chi connectivity index (χ0v) is 21.9. The molecule has 0 aliphatic rings. The number of amides is 2. The van der Waals surface area contributed by atoms with Crippen LogP contribution in [0.4, 0.5) is 0 Å². The van der Waals surface area contributed by atoms with E-state index in [0.29, 0.717) is 6.42 Å². The van der Waals surface area contributed by atoms with E-state index in [1.54, 1.807) is 0 Å². The molecule has 0 unspecified atom stereocenters. The summed E-state index contributed by atoms with van der Waals surface area (Å²) in [6.07, 6.45) is 12.2. The molecule has 12 nitrogen and oxygen atoms in total. The van der Waals surface area contributed by atoms with E-state index >= 15 is 0 Å². The van der Waals surface area contributed by atoms with Gasteiger partial charge in [-0.1, -0.05) is 71.1 Å². The van der Waals surface area contributed by atoms with E-state index in [4.69, 9.17) is 15.6 Å². The van der Waals surface area contributed by atoms with Crippen molar-refractivity contribution in [3.8, 4) is 0 Å². The Morgan fingerprint density at radius 3 is 1.59 bits per heavy atom. The number of aliphatic carboxylic acids is 3. The summed E-state index contributed by atoms with van der Waals surface area (Å²) in [6, 6.07) is -4.08. The average molecular weight is 532 g/mol. The summed E-state index contributed by atoms with van der Waals surface area (Å²) in [4.78, 5) is 57.7. The first-order chi connectivity index (χ1) is 17.6. The number of ether oxygens (including phenoxy) is 1. The first kappa shape index (κ1) is 34.3. The van der Waals surface area contributed by atoms with Crippen LogP contribution < -0.4 is 16.4 Å². The molecule has 0 spiro atoms. The van der Waals surface area contributed by atoms with E-state index in [1.165, 1.54) is 44.9 Å². The number of carboxylic acids is 3. The summed E-state index contributed by atoms with van der Waals surface area (Å²) in [7, 11) is 0. The number of carboxylic acid groups (broad SMARTS) is 3. The van der Waals surface area contributed by atoms with Crippen molar-refractivity contribution < 1.29 is 44.0 Å². The number of nitrogens with two attached hydrogens (primary N) is 1. The molecule has 0 aromatic carbocycles. The molecule has 214 valence electrons. The summed E-state index contributed by atoms with van der Waals surface area (Å²) >= 11 is 0. The van der Waals surface area contributed by atoms with Crippen LogP contribution in [0.25, 0.3) is 0 Å². The SMILES string of the molecule is CCCCCCCCCCCCCC(=O)N[C@H](CCC(=O)N[C@@H](COC[C@H](N)C(=O)O)C(=O)O)C(=O)O. The topological polar surface area (TPSA) is 205 Å². The minimum Gasteiger partial charge on any atom is -0.480 e. The molecule has 7 N–H and O–H groups in total. The number of carbonyl (C=O) groups is 5. The van der Waals surface area contributed by atoms with Gasteiger partial charge in [-0.3, -0.25) is 14.4 Å². The van der Waals surface area contributed by atoms with Crippen LogP contribution in [0.1, 0.15) is 96.8 Å². The lowest BCUT2D eigenvalue weighted by Gasteiger charge is -2.17. The van der Waals surface area contributed by atoms with Crippen LogP contribution in [0.5, 0.6) is 0 Å². The van der Waals surface area contributed by atoms with Gasteiger partial charge in [-0.05, 0) is 12.8 Å². The number of hydrogen-bond acceptors (Lipinski definition) is 7. The maximum absolute atomic E-state index is 12.1. The van der Waals surface area contributed by atoms with Gasteiger partial charge in [-0.25, -0.2) is 9.59 Å². The van der Waals surface area contributed by atoms with Crippen LogP contribution in [-0.4, -0.2) is 76.4 Å². The first-order valence-electron chi connectivity index (χ1n) is 13.2. The smallest absolute Gasteiger partial charge is 0.328 e. The highest BCUT2D eigenvalue weighted by molar-refractivity contribution is 5.86. The lowest BCUT2D eigenvalue weighted by atomic mass is 10.0. The highest BCUT2D eigenvalue weighted by Crippen LogP contribution is 2.12. The van der Waals surface area contributed by atoms with E-state index < -0.39 is 61.1 Å². The Hall–Kier alpha value is -2.73. The Kier molecular flexibility index (Phi) is 19.8. The van der Waals surface area contributed by atoms with Gasteiger partial charge in [-0.15, -0.1) is 0 Å². The predicted octanol–water partition coefficient (Wildman–Crippen LogP) is 2.04. The summed E-state index contributed by atoms with van der Waals surface area (Å²) in [5, 5.41) is 31.8. The number of unbranched alkanes of at least 4 members (excludes halogenated alkanes) is 10. The van der Waals surface area contributed by atoms with Gasteiger partial charge >= 0.3 is 17.9 Å². The van der Waals surface area contributed by atoms with Gasteiger partial charge in [0.15, 0.2) is 6.04 Å². The minimum absolute atomic E-state index is 0.198. The van der Waals surface area contributed by atoms with Crippen LogP contribution in [-0.2, 0) is 28.7 Å². The number of nitrogens with one attached hydrogen (secondary N) is 2. The molecule has 0 heterocycles. The summed E-state index contributed by atoms with van der Waals surface area (Å²) < 4.78 is 4.94. The summed E-state index contributed by atoms with van der Waals surface area (Å²) in [5.74, 6) is -5.17. The maximum Gasteiger partial charge on any atom is 0.328 e. The fourth-order valence-electron chi connectivity index (χ4n) is 3.57. The molecule has 0 rings (SSSR count). The maximum atomic E-state index is 12.1. The largest absolute Gasteiger partial charge is 0.480 e. The standard InChI is InChI=1S/C25H45N3O9/c1-2-3-4-5-6-7-8-9-10-11-12-13-21(29)27-19(24(33)34)14-15-22(30)28-20(25(35)36)17-37-16-18(26)23(31)32/h18-20H,2-17,26H2,1H3,(H,27,29)(H,28,30)(H,31,32)(H,33,34)(H,35,36)/t18-,19+,20-/m0/s1. The van der Waals surface area contributed by atoms with E-state index in [-0.39, 0.29) is 19.3 Å². The van der Waals surface area contributed by atoms with Crippen molar-refractivity contribution in [2.24, 2.45) is 5.73 Å². The van der Waals surface area contributed by atoms with E-state index in [2.05, 4.69) is 17.6 Å². The highest BCUT2D eigenvalue weighted by Gasteiger charge is 2.24. The minimum atomic E-state index is -1.47. The van der Waals surface area contributed by atoms with Gasteiger partial charge in [0.25, 0.3) is 0 Å². The normalized spacial score (nSPS) is 13.4. The van der Waals surface area contributed by atoms with Crippen LogP contribution >= 0.6 is 0 Å². The number of carbonyl (C=O) groups excluding carboxylic acids is 2. The molecule has 2 amide bonds. The predicted molar refractivity (Wildman–Crippen MR) is 136 cm³/mol. The van der Waals surface area contributed by atoms with Crippen LogP contribution in [0.2, 0.25) is 0 Å². The average Bonchev–Trinajstić information content (AvgIpc) is 2.83. The molecule has 12 heteroatoms. The quantitative estimate of drug-likeness (QED) is 0.0999.